The lowest BCUT2D eigenvalue weighted by Crippen LogP contribution is -2.36. The highest BCUT2D eigenvalue weighted by Crippen LogP contribution is 2.20. The number of benzene rings is 2. The predicted octanol–water partition coefficient (Wildman–Crippen LogP) is 3.17. The van der Waals surface area contributed by atoms with Crippen LogP contribution in [0.15, 0.2) is 41.4 Å². The van der Waals surface area contributed by atoms with Gasteiger partial charge in [-0.25, -0.2) is 4.39 Å². The molecule has 0 aliphatic rings. The number of aryl methyl sites for hydroxylation is 1. The molecule has 0 radical (unpaired) electrons. The van der Waals surface area contributed by atoms with E-state index in [1.807, 2.05) is 25.1 Å². The molecule has 0 aromatic heterocycles. The molecule has 0 heterocycles. The zero-order chi connectivity index (χ0) is 21.1. The van der Waals surface area contributed by atoms with E-state index >= 15 is 0 Å². The van der Waals surface area contributed by atoms with Crippen LogP contribution in [0.3, 0.4) is 0 Å². The third-order valence-corrected chi connectivity index (χ3v) is 4.31. The van der Waals surface area contributed by atoms with Crippen LogP contribution in [0.25, 0.3) is 0 Å². The molecule has 29 heavy (non-hydrogen) atoms. The largest absolute Gasteiger partial charge is 0.491 e. The minimum absolute atomic E-state index is 0.242. The Morgan fingerprint density at radius 2 is 1.76 bits per heavy atom. The first-order valence-electron chi connectivity index (χ1n) is 9.49. The summed E-state index contributed by atoms with van der Waals surface area (Å²) in [5.74, 6) is 1.21. The molecule has 2 N–H and O–H groups in total. The molecule has 0 aliphatic carbocycles. The van der Waals surface area contributed by atoms with Gasteiger partial charge in [0.05, 0.1) is 13.2 Å². The van der Waals surface area contributed by atoms with Gasteiger partial charge in [0, 0.05) is 45.5 Å². The third-order valence-electron chi connectivity index (χ3n) is 4.31. The van der Waals surface area contributed by atoms with Crippen LogP contribution in [0.1, 0.15) is 22.3 Å². The third kappa shape index (κ3) is 7.36. The van der Waals surface area contributed by atoms with Crippen LogP contribution in [-0.2, 0) is 29.2 Å². The van der Waals surface area contributed by atoms with Crippen molar-refractivity contribution in [2.45, 2.75) is 26.6 Å². The van der Waals surface area contributed by atoms with Crippen LogP contribution in [0.4, 0.5) is 4.39 Å². The summed E-state index contributed by atoms with van der Waals surface area (Å²) in [6, 6.07) is 11.1. The molecule has 7 heteroatoms. The zero-order valence-corrected chi connectivity index (χ0v) is 17.5. The lowest BCUT2D eigenvalue weighted by molar-refractivity contribution is 0.145. The van der Waals surface area contributed by atoms with Gasteiger partial charge < -0.3 is 24.8 Å². The van der Waals surface area contributed by atoms with Crippen molar-refractivity contribution in [1.29, 1.82) is 0 Å². The molecule has 158 valence electrons. The number of nitrogens with zero attached hydrogens (tertiary/aromatic N) is 1. The molecule has 0 spiro atoms. The van der Waals surface area contributed by atoms with Gasteiger partial charge in [-0.15, -0.1) is 0 Å². The standard InChI is InChI=1S/C22H30FN3O3/c1-16-5-7-18(21(11-16)29-10-9-27-3)14-26-22(24-2)25-13-17-6-8-20(23)19(12-17)15-28-4/h5-8,11-12H,9-10,13-15H2,1-4H3,(H2,24,25,26). The Morgan fingerprint density at radius 3 is 2.48 bits per heavy atom. The number of hydrogen-bond donors (Lipinski definition) is 2. The summed E-state index contributed by atoms with van der Waals surface area (Å²) in [6.45, 7) is 4.37. The maximum atomic E-state index is 13.8. The summed E-state index contributed by atoms with van der Waals surface area (Å²) in [6.07, 6.45) is 0. The van der Waals surface area contributed by atoms with E-state index in [4.69, 9.17) is 14.2 Å². The van der Waals surface area contributed by atoms with Crippen LogP contribution in [0.5, 0.6) is 5.75 Å². The fraction of sp³-hybridized carbons (Fsp3) is 0.409. The van der Waals surface area contributed by atoms with E-state index < -0.39 is 0 Å². The normalized spacial score (nSPS) is 11.4. The summed E-state index contributed by atoms with van der Waals surface area (Å²) in [7, 11) is 4.91. The molecule has 0 fully saturated rings. The van der Waals surface area contributed by atoms with Gasteiger partial charge >= 0.3 is 0 Å². The molecule has 6 nitrogen and oxygen atoms in total. The van der Waals surface area contributed by atoms with Crippen LogP contribution >= 0.6 is 0 Å². The second-order valence-corrected chi connectivity index (χ2v) is 6.59. The van der Waals surface area contributed by atoms with Gasteiger partial charge in [0.15, 0.2) is 5.96 Å². The average Bonchev–Trinajstić information content (AvgIpc) is 2.72. The molecule has 0 aliphatic heterocycles. The summed E-state index contributed by atoms with van der Waals surface area (Å²) in [5.41, 5.74) is 3.64. The number of rotatable bonds is 10. The number of guanidine groups is 1. The van der Waals surface area contributed by atoms with Crippen LogP contribution < -0.4 is 15.4 Å². The molecule has 0 bridgehead atoms. The molecule has 0 saturated heterocycles. The smallest absolute Gasteiger partial charge is 0.191 e. The highest BCUT2D eigenvalue weighted by Gasteiger charge is 2.07. The van der Waals surface area contributed by atoms with Crippen LogP contribution in [0.2, 0.25) is 0 Å². The predicted molar refractivity (Wildman–Crippen MR) is 113 cm³/mol. The van der Waals surface area contributed by atoms with Crippen molar-refractivity contribution in [2.75, 3.05) is 34.5 Å². The lowest BCUT2D eigenvalue weighted by atomic mass is 10.1. The number of ether oxygens (including phenoxy) is 3. The monoisotopic (exact) mass is 403 g/mol. The Labute approximate surface area is 172 Å². The number of halogens is 1. The zero-order valence-electron chi connectivity index (χ0n) is 17.5. The maximum Gasteiger partial charge on any atom is 0.191 e. The van der Waals surface area contributed by atoms with Crippen LogP contribution in [-0.4, -0.2) is 40.4 Å². The minimum atomic E-state index is -0.265. The van der Waals surface area contributed by atoms with Gasteiger partial charge in [-0.2, -0.15) is 0 Å². The molecule has 0 unspecified atom stereocenters. The Balaban J connectivity index is 1.95. The highest BCUT2D eigenvalue weighted by molar-refractivity contribution is 5.79. The number of hydrogen-bond acceptors (Lipinski definition) is 4. The van der Waals surface area contributed by atoms with E-state index in [9.17, 15) is 4.39 Å². The van der Waals surface area contributed by atoms with Crippen molar-refractivity contribution in [3.8, 4) is 5.75 Å². The van der Waals surface area contributed by atoms with Crippen molar-refractivity contribution < 1.29 is 18.6 Å². The van der Waals surface area contributed by atoms with E-state index in [0.717, 1.165) is 22.4 Å². The van der Waals surface area contributed by atoms with Gasteiger partial charge in [-0.05, 0) is 36.2 Å². The second kappa shape index (κ2) is 12.0. The Bertz CT molecular complexity index is 812. The molecular formula is C22H30FN3O3. The maximum absolute atomic E-state index is 13.8. The molecule has 2 aromatic rings. The van der Waals surface area contributed by atoms with E-state index in [-0.39, 0.29) is 12.4 Å². The van der Waals surface area contributed by atoms with E-state index in [1.54, 1.807) is 33.4 Å². The van der Waals surface area contributed by atoms with Crippen LogP contribution in [0, 0.1) is 12.7 Å². The minimum Gasteiger partial charge on any atom is -0.491 e. The quantitative estimate of drug-likeness (QED) is 0.362. The van der Waals surface area contributed by atoms with Gasteiger partial charge in [0.25, 0.3) is 0 Å². The SMILES string of the molecule is CN=C(NCc1ccc(F)c(COC)c1)NCc1ccc(C)cc1OCCOC. The van der Waals surface area contributed by atoms with Gasteiger partial charge in [0.2, 0.25) is 0 Å². The number of methoxy groups -OCH3 is 2. The molecule has 0 amide bonds. The van der Waals surface area contributed by atoms with E-state index in [2.05, 4.69) is 15.6 Å². The van der Waals surface area contributed by atoms with Gasteiger partial charge in [0.1, 0.15) is 18.2 Å². The first-order valence-corrected chi connectivity index (χ1v) is 9.49. The molecule has 2 rings (SSSR count). The average molecular weight is 403 g/mol. The second-order valence-electron chi connectivity index (χ2n) is 6.59. The molecule has 0 saturated carbocycles. The number of nitrogens with one attached hydrogen (secondary N) is 2. The van der Waals surface area contributed by atoms with E-state index in [1.165, 1.54) is 6.07 Å². The Kier molecular flexibility index (Phi) is 9.40. The topological polar surface area (TPSA) is 64.1 Å². The first-order chi connectivity index (χ1) is 14.1. The van der Waals surface area contributed by atoms with Crippen molar-refractivity contribution in [3.63, 3.8) is 0 Å². The Hall–Kier alpha value is -2.64. The van der Waals surface area contributed by atoms with Crippen molar-refractivity contribution >= 4 is 5.96 Å². The first kappa shape index (κ1) is 22.6. The summed E-state index contributed by atoms with van der Waals surface area (Å²) in [5, 5.41) is 6.53. The Morgan fingerprint density at radius 1 is 0.966 bits per heavy atom. The fourth-order valence-corrected chi connectivity index (χ4v) is 2.77. The van der Waals surface area contributed by atoms with Gasteiger partial charge in [-0.1, -0.05) is 18.2 Å². The lowest BCUT2D eigenvalue weighted by Gasteiger charge is -2.16. The van der Waals surface area contributed by atoms with Crippen molar-refractivity contribution in [3.05, 3.63) is 64.5 Å². The molecular weight excluding hydrogens is 373 g/mol. The fourth-order valence-electron chi connectivity index (χ4n) is 2.77. The van der Waals surface area contributed by atoms with Crippen molar-refractivity contribution in [2.24, 2.45) is 4.99 Å². The summed E-state index contributed by atoms with van der Waals surface area (Å²) >= 11 is 0. The summed E-state index contributed by atoms with van der Waals surface area (Å²) in [4.78, 5) is 4.25. The van der Waals surface area contributed by atoms with E-state index in [0.29, 0.717) is 37.8 Å². The van der Waals surface area contributed by atoms with Crippen molar-refractivity contribution in [1.82, 2.24) is 10.6 Å². The van der Waals surface area contributed by atoms with Gasteiger partial charge in [-0.3, -0.25) is 4.99 Å². The summed E-state index contributed by atoms with van der Waals surface area (Å²) < 4.78 is 29.7. The molecule has 0 atom stereocenters. The molecule has 2 aromatic carbocycles. The number of aliphatic imine (C=N–C) groups is 1. The highest BCUT2D eigenvalue weighted by atomic mass is 19.1.